The molecule has 6 heteroatoms. The number of rotatable bonds is 6. The maximum atomic E-state index is 12.7. The Balaban J connectivity index is 3.17. The topological polar surface area (TPSA) is 55.4 Å². The summed E-state index contributed by atoms with van der Waals surface area (Å²) in [7, 11) is -3.73. The van der Waals surface area contributed by atoms with Gasteiger partial charge in [-0.1, -0.05) is 32.4 Å². The largest absolute Gasteiger partial charge is 0.492 e. The Morgan fingerprint density at radius 1 is 1.18 bits per heavy atom. The highest BCUT2D eigenvalue weighted by Crippen LogP contribution is 2.31. The van der Waals surface area contributed by atoms with Gasteiger partial charge in [0.1, 0.15) is 10.6 Å². The molecule has 0 amide bonds. The maximum absolute atomic E-state index is 12.7. The van der Waals surface area contributed by atoms with Crippen molar-refractivity contribution in [2.45, 2.75) is 58.4 Å². The molecular formula is C16H26ClNO3S. The normalized spacial score (nSPS) is 13.2. The Hall–Kier alpha value is -0.780. The van der Waals surface area contributed by atoms with Crippen LogP contribution in [0.15, 0.2) is 23.1 Å². The lowest BCUT2D eigenvalue weighted by Crippen LogP contribution is -2.45. The molecular weight excluding hydrogens is 322 g/mol. The molecule has 1 aromatic carbocycles. The fourth-order valence-corrected chi connectivity index (χ4v) is 4.57. The SMILES string of the molecule is CCOc1ccc(Cl)cc1S(=O)(=O)NC(C)(C)CC(C)(C)C. The summed E-state index contributed by atoms with van der Waals surface area (Å²) in [5.74, 6) is 0.311. The minimum absolute atomic E-state index is 0.00308. The van der Waals surface area contributed by atoms with Gasteiger partial charge >= 0.3 is 0 Å². The highest BCUT2D eigenvalue weighted by atomic mass is 35.5. The lowest BCUT2D eigenvalue weighted by molar-refractivity contribution is 0.269. The fraction of sp³-hybridized carbons (Fsp3) is 0.625. The van der Waals surface area contributed by atoms with E-state index in [9.17, 15) is 8.42 Å². The first-order chi connectivity index (χ1) is 9.86. The minimum atomic E-state index is -3.73. The Labute approximate surface area is 139 Å². The first kappa shape index (κ1) is 19.3. The quantitative estimate of drug-likeness (QED) is 0.837. The predicted octanol–water partition coefficient (Wildman–Crippen LogP) is 4.23. The smallest absolute Gasteiger partial charge is 0.244 e. The second kappa shape index (κ2) is 6.77. The van der Waals surface area contributed by atoms with Crippen LogP contribution in [0.1, 0.15) is 48.0 Å². The van der Waals surface area contributed by atoms with Crippen LogP contribution in [0.2, 0.25) is 5.02 Å². The number of nitrogens with one attached hydrogen (secondary N) is 1. The van der Waals surface area contributed by atoms with E-state index in [4.69, 9.17) is 16.3 Å². The first-order valence-corrected chi connectivity index (χ1v) is 9.19. The van der Waals surface area contributed by atoms with Gasteiger partial charge in [0.25, 0.3) is 0 Å². The van der Waals surface area contributed by atoms with Crippen LogP contribution in [-0.2, 0) is 10.0 Å². The number of hydrogen-bond acceptors (Lipinski definition) is 3. The second-order valence-corrected chi connectivity index (χ2v) is 9.34. The number of benzene rings is 1. The van der Waals surface area contributed by atoms with Crippen LogP contribution < -0.4 is 9.46 Å². The minimum Gasteiger partial charge on any atom is -0.492 e. The van der Waals surface area contributed by atoms with E-state index in [2.05, 4.69) is 25.5 Å². The number of sulfonamides is 1. The zero-order chi connectivity index (χ0) is 17.2. The van der Waals surface area contributed by atoms with Gasteiger partial charge in [-0.2, -0.15) is 0 Å². The molecule has 1 rings (SSSR count). The molecule has 0 unspecified atom stereocenters. The van der Waals surface area contributed by atoms with Crippen LogP contribution in [0.25, 0.3) is 0 Å². The average Bonchev–Trinajstić information content (AvgIpc) is 2.26. The summed E-state index contributed by atoms with van der Waals surface area (Å²) in [4.78, 5) is 0.0730. The molecule has 0 bridgehead atoms. The summed E-state index contributed by atoms with van der Waals surface area (Å²) in [5.41, 5.74) is -0.577. The molecule has 0 spiro atoms. The average molecular weight is 348 g/mol. The third-order valence-electron chi connectivity index (χ3n) is 2.88. The van der Waals surface area contributed by atoms with Crippen molar-refractivity contribution in [1.82, 2.24) is 4.72 Å². The molecule has 0 saturated carbocycles. The molecule has 22 heavy (non-hydrogen) atoms. The maximum Gasteiger partial charge on any atom is 0.244 e. The third kappa shape index (κ3) is 5.78. The van der Waals surface area contributed by atoms with Gasteiger partial charge < -0.3 is 4.74 Å². The van der Waals surface area contributed by atoms with Gasteiger partial charge in [-0.3, -0.25) is 0 Å². The molecule has 0 aliphatic heterocycles. The summed E-state index contributed by atoms with van der Waals surface area (Å²) < 4.78 is 33.6. The van der Waals surface area contributed by atoms with E-state index in [0.717, 1.165) is 0 Å². The Morgan fingerprint density at radius 3 is 2.27 bits per heavy atom. The van der Waals surface area contributed by atoms with Gasteiger partial charge in [-0.15, -0.1) is 0 Å². The monoisotopic (exact) mass is 347 g/mol. The van der Waals surface area contributed by atoms with Crippen molar-refractivity contribution < 1.29 is 13.2 Å². The van der Waals surface area contributed by atoms with E-state index in [1.165, 1.54) is 6.07 Å². The fourth-order valence-electron chi connectivity index (χ4n) is 2.75. The summed E-state index contributed by atoms with van der Waals surface area (Å²) >= 11 is 5.95. The standard InChI is InChI=1S/C16H26ClNO3S/c1-7-21-13-9-8-12(17)10-14(13)22(19,20)18-16(5,6)11-15(2,3)4/h8-10,18H,7,11H2,1-6H3. The molecule has 126 valence electrons. The Bertz CT molecular complexity index is 619. The number of halogens is 1. The van der Waals surface area contributed by atoms with Crippen LogP contribution in [0.3, 0.4) is 0 Å². The summed E-state index contributed by atoms with van der Waals surface area (Å²) in [6.07, 6.45) is 0.698. The number of hydrogen-bond donors (Lipinski definition) is 1. The van der Waals surface area contributed by atoms with Crippen molar-refractivity contribution >= 4 is 21.6 Å². The van der Waals surface area contributed by atoms with Crippen molar-refractivity contribution in [2.24, 2.45) is 5.41 Å². The van der Waals surface area contributed by atoms with E-state index in [0.29, 0.717) is 23.8 Å². The molecule has 0 heterocycles. The van der Waals surface area contributed by atoms with Crippen molar-refractivity contribution in [2.75, 3.05) is 6.61 Å². The molecule has 0 aromatic heterocycles. The van der Waals surface area contributed by atoms with Crippen molar-refractivity contribution in [1.29, 1.82) is 0 Å². The van der Waals surface area contributed by atoms with E-state index in [1.807, 2.05) is 20.8 Å². The molecule has 0 fully saturated rings. The molecule has 0 aliphatic rings. The highest BCUT2D eigenvalue weighted by Gasteiger charge is 2.32. The third-order valence-corrected chi connectivity index (χ3v) is 4.83. The predicted molar refractivity (Wildman–Crippen MR) is 91.1 cm³/mol. The van der Waals surface area contributed by atoms with Crippen LogP contribution in [0.5, 0.6) is 5.75 Å². The molecule has 0 atom stereocenters. The van der Waals surface area contributed by atoms with Gasteiger partial charge in [0, 0.05) is 10.6 Å². The van der Waals surface area contributed by atoms with Crippen LogP contribution in [0.4, 0.5) is 0 Å². The molecule has 1 N–H and O–H groups in total. The van der Waals surface area contributed by atoms with Crippen molar-refractivity contribution in [3.8, 4) is 5.75 Å². The van der Waals surface area contributed by atoms with E-state index < -0.39 is 15.6 Å². The summed E-state index contributed by atoms with van der Waals surface area (Å²) in [6, 6.07) is 4.62. The van der Waals surface area contributed by atoms with Crippen LogP contribution in [-0.4, -0.2) is 20.6 Å². The first-order valence-electron chi connectivity index (χ1n) is 7.33. The van der Waals surface area contributed by atoms with Gasteiger partial charge in [0.05, 0.1) is 6.61 Å². The molecule has 1 aromatic rings. The van der Waals surface area contributed by atoms with Gasteiger partial charge in [-0.05, 0) is 50.8 Å². The summed E-state index contributed by atoms with van der Waals surface area (Å²) in [6.45, 7) is 12.2. The molecule has 4 nitrogen and oxygen atoms in total. The van der Waals surface area contributed by atoms with Crippen LogP contribution in [0, 0.1) is 5.41 Å². The molecule has 0 radical (unpaired) electrons. The van der Waals surface area contributed by atoms with Gasteiger partial charge in [-0.25, -0.2) is 13.1 Å². The van der Waals surface area contributed by atoms with E-state index in [1.54, 1.807) is 12.1 Å². The summed E-state index contributed by atoms with van der Waals surface area (Å²) in [5, 5.41) is 0.359. The highest BCUT2D eigenvalue weighted by molar-refractivity contribution is 7.89. The lowest BCUT2D eigenvalue weighted by Gasteiger charge is -2.33. The van der Waals surface area contributed by atoms with Crippen molar-refractivity contribution in [3.63, 3.8) is 0 Å². The van der Waals surface area contributed by atoms with E-state index in [-0.39, 0.29) is 10.3 Å². The molecule has 0 aliphatic carbocycles. The lowest BCUT2D eigenvalue weighted by atomic mass is 9.82. The Morgan fingerprint density at radius 2 is 1.77 bits per heavy atom. The van der Waals surface area contributed by atoms with Gasteiger partial charge in [0.15, 0.2) is 0 Å². The van der Waals surface area contributed by atoms with Gasteiger partial charge in [0.2, 0.25) is 10.0 Å². The zero-order valence-corrected chi connectivity index (χ0v) is 15.7. The van der Waals surface area contributed by atoms with E-state index >= 15 is 0 Å². The van der Waals surface area contributed by atoms with Crippen molar-refractivity contribution in [3.05, 3.63) is 23.2 Å². The van der Waals surface area contributed by atoms with Crippen LogP contribution >= 0.6 is 11.6 Å². The molecule has 0 saturated heterocycles. The number of ether oxygens (including phenoxy) is 1. The zero-order valence-electron chi connectivity index (χ0n) is 14.2. The Kier molecular flexibility index (Phi) is 5.93. The second-order valence-electron chi connectivity index (χ2n) is 7.25.